The minimum absolute atomic E-state index is 0.0267. The van der Waals surface area contributed by atoms with Gasteiger partial charge in [0.15, 0.2) is 0 Å². The molecule has 5 rings (SSSR count). The molecule has 2 unspecified atom stereocenters. The largest absolute Gasteiger partial charge is 0.462 e. The van der Waals surface area contributed by atoms with Crippen molar-refractivity contribution in [2.24, 2.45) is 5.73 Å². The number of nitrogens with one attached hydrogen (secondary N) is 1. The lowest BCUT2D eigenvalue weighted by atomic mass is 9.81. The van der Waals surface area contributed by atoms with Gasteiger partial charge in [0.25, 0.3) is 5.69 Å². The lowest BCUT2D eigenvalue weighted by Gasteiger charge is -2.39. The lowest BCUT2D eigenvalue weighted by molar-refractivity contribution is -0.384. The second-order valence-corrected chi connectivity index (χ2v) is 12.4. The first-order valence-corrected chi connectivity index (χ1v) is 16.7. The summed E-state index contributed by atoms with van der Waals surface area (Å²) in [5.74, 6) is -2.28. The molecule has 0 aliphatic carbocycles. The molecule has 0 aromatic heterocycles. The molecule has 2 aliphatic heterocycles. The van der Waals surface area contributed by atoms with Crippen LogP contribution in [0.2, 0.25) is 0 Å². The Morgan fingerprint density at radius 1 is 0.958 bits per heavy atom. The van der Waals surface area contributed by atoms with Crippen LogP contribution in [0, 0.1) is 10.1 Å². The highest BCUT2D eigenvalue weighted by Gasteiger charge is 2.40. The Balaban J connectivity index is 1.42. The SMILES string of the molecule is CCCCCCOC(=O)C1=C(C)NC(N)=C(C(=O)OC2CCCN(C(c3ccccc3)c3ccccc3)C2)C1c1cccc([N+](=O)[O-])c1. The molecule has 2 heterocycles. The summed E-state index contributed by atoms with van der Waals surface area (Å²) in [5, 5.41) is 14.7. The molecule has 3 N–H and O–H groups in total. The van der Waals surface area contributed by atoms with E-state index >= 15 is 0 Å². The number of piperidine rings is 1. The maximum absolute atomic E-state index is 14.2. The summed E-state index contributed by atoms with van der Waals surface area (Å²) in [6.45, 7) is 5.31. The maximum atomic E-state index is 14.2. The number of unbranched alkanes of at least 4 members (excludes halogenated alkanes) is 3. The highest BCUT2D eigenvalue weighted by molar-refractivity contribution is 6.00. The molecular formula is C38H44N4O6. The Hall–Kier alpha value is -4.96. The minimum atomic E-state index is -1.03. The number of nitrogens with zero attached hydrogens (tertiary/aromatic N) is 2. The van der Waals surface area contributed by atoms with Crippen LogP contribution < -0.4 is 11.1 Å². The number of allylic oxidation sites excluding steroid dienone is 1. The molecule has 1 fully saturated rings. The van der Waals surface area contributed by atoms with Gasteiger partial charge in [-0.05, 0) is 49.4 Å². The van der Waals surface area contributed by atoms with Crippen LogP contribution in [0.15, 0.2) is 108 Å². The normalized spacial score (nSPS) is 18.4. The van der Waals surface area contributed by atoms with Crippen LogP contribution in [0.4, 0.5) is 5.69 Å². The zero-order valence-corrected chi connectivity index (χ0v) is 27.6. The van der Waals surface area contributed by atoms with Gasteiger partial charge in [-0.2, -0.15) is 0 Å². The first kappa shape index (κ1) is 34.4. The number of carbonyl (C=O) groups is 2. The highest BCUT2D eigenvalue weighted by Crippen LogP contribution is 2.40. The maximum Gasteiger partial charge on any atom is 0.338 e. The fourth-order valence-electron chi connectivity index (χ4n) is 6.67. The number of rotatable bonds is 13. The van der Waals surface area contributed by atoms with Crippen molar-refractivity contribution in [1.82, 2.24) is 10.2 Å². The van der Waals surface area contributed by atoms with E-state index < -0.39 is 28.9 Å². The number of likely N-dealkylation sites (tertiary alicyclic amines) is 1. The number of hydrogen-bond donors (Lipinski definition) is 2. The number of esters is 2. The van der Waals surface area contributed by atoms with Crippen molar-refractivity contribution >= 4 is 17.6 Å². The minimum Gasteiger partial charge on any atom is -0.462 e. The van der Waals surface area contributed by atoms with Crippen molar-refractivity contribution in [3.63, 3.8) is 0 Å². The van der Waals surface area contributed by atoms with Gasteiger partial charge < -0.3 is 20.5 Å². The van der Waals surface area contributed by atoms with Gasteiger partial charge in [-0.3, -0.25) is 15.0 Å². The standard InChI is InChI=1S/C38H44N4O6/c1-3-4-5-12-23-47-37(43)32-26(2)40-36(39)34(33(32)29-19-13-20-30(24-29)42(45)46)38(44)48-31-21-14-22-41(25-31)35(27-15-8-6-9-16-27)28-17-10-7-11-18-28/h6-11,13,15-20,24,31,33,35,40H,3-5,12,14,21-23,25,39H2,1-2H3. The summed E-state index contributed by atoms with van der Waals surface area (Å²) >= 11 is 0. The van der Waals surface area contributed by atoms with Gasteiger partial charge in [0.2, 0.25) is 0 Å². The van der Waals surface area contributed by atoms with Gasteiger partial charge in [0.1, 0.15) is 11.9 Å². The number of dihydropyridines is 1. The number of non-ortho nitro benzene ring substituents is 1. The molecule has 1 saturated heterocycles. The second-order valence-electron chi connectivity index (χ2n) is 12.4. The Labute approximate surface area is 281 Å². The summed E-state index contributed by atoms with van der Waals surface area (Å²) in [7, 11) is 0. The molecule has 10 nitrogen and oxygen atoms in total. The molecule has 2 atom stereocenters. The van der Waals surface area contributed by atoms with Crippen LogP contribution in [-0.2, 0) is 19.1 Å². The molecule has 2 aliphatic rings. The van der Waals surface area contributed by atoms with Gasteiger partial charge in [-0.25, -0.2) is 9.59 Å². The van der Waals surface area contributed by atoms with Gasteiger partial charge in [0.05, 0.1) is 34.6 Å². The van der Waals surface area contributed by atoms with E-state index in [0.717, 1.165) is 43.4 Å². The fourth-order valence-corrected chi connectivity index (χ4v) is 6.67. The lowest BCUT2D eigenvalue weighted by Crippen LogP contribution is -2.44. The first-order valence-electron chi connectivity index (χ1n) is 16.7. The summed E-state index contributed by atoms with van der Waals surface area (Å²) in [6.07, 6.45) is 4.72. The Morgan fingerprint density at radius 2 is 1.65 bits per heavy atom. The monoisotopic (exact) mass is 652 g/mol. The van der Waals surface area contributed by atoms with Crippen LogP contribution in [0.1, 0.15) is 81.0 Å². The number of ether oxygens (including phenoxy) is 2. The number of nitrogens with two attached hydrogens (primary N) is 1. The number of benzene rings is 3. The van der Waals surface area contributed by atoms with Gasteiger partial charge >= 0.3 is 11.9 Å². The molecule has 48 heavy (non-hydrogen) atoms. The van der Waals surface area contributed by atoms with E-state index in [4.69, 9.17) is 15.2 Å². The van der Waals surface area contributed by atoms with Crippen molar-refractivity contribution in [1.29, 1.82) is 0 Å². The molecule has 0 bridgehead atoms. The van der Waals surface area contributed by atoms with Crippen LogP contribution in [0.3, 0.4) is 0 Å². The summed E-state index contributed by atoms with van der Waals surface area (Å²) in [6, 6.07) is 26.4. The number of nitro benzene ring substituents is 1. The quantitative estimate of drug-likeness (QED) is 0.0900. The van der Waals surface area contributed by atoms with Crippen LogP contribution >= 0.6 is 0 Å². The highest BCUT2D eigenvalue weighted by atomic mass is 16.6. The van der Waals surface area contributed by atoms with E-state index in [-0.39, 0.29) is 35.3 Å². The van der Waals surface area contributed by atoms with Crippen LogP contribution in [0.5, 0.6) is 0 Å². The third-order valence-corrected chi connectivity index (χ3v) is 8.96. The van der Waals surface area contributed by atoms with Crippen LogP contribution in [0.25, 0.3) is 0 Å². The second kappa shape index (κ2) is 16.2. The van der Waals surface area contributed by atoms with E-state index in [9.17, 15) is 19.7 Å². The van der Waals surface area contributed by atoms with Crippen molar-refractivity contribution in [2.45, 2.75) is 70.4 Å². The smallest absolute Gasteiger partial charge is 0.338 e. The molecule has 252 valence electrons. The molecule has 0 amide bonds. The van der Waals surface area contributed by atoms with E-state index in [1.165, 1.54) is 18.2 Å². The van der Waals surface area contributed by atoms with Gasteiger partial charge in [0, 0.05) is 24.4 Å². The third-order valence-electron chi connectivity index (χ3n) is 8.96. The van der Waals surface area contributed by atoms with Crippen molar-refractivity contribution in [3.05, 3.63) is 134 Å². The Bertz CT molecular complexity index is 1620. The van der Waals surface area contributed by atoms with Crippen molar-refractivity contribution < 1.29 is 24.0 Å². The summed E-state index contributed by atoms with van der Waals surface area (Å²) < 4.78 is 11.9. The molecule has 0 radical (unpaired) electrons. The number of nitro groups is 1. The number of hydrogen-bond acceptors (Lipinski definition) is 9. The van der Waals surface area contributed by atoms with E-state index in [0.29, 0.717) is 30.6 Å². The number of carbonyl (C=O) groups excluding carboxylic acids is 2. The average Bonchev–Trinajstić information content (AvgIpc) is 3.09. The Kier molecular flexibility index (Phi) is 11.6. The fraction of sp³-hybridized carbons (Fsp3) is 0.368. The van der Waals surface area contributed by atoms with Crippen molar-refractivity contribution in [2.75, 3.05) is 19.7 Å². The van der Waals surface area contributed by atoms with E-state index in [1.807, 2.05) is 36.4 Å². The Morgan fingerprint density at radius 3 is 2.29 bits per heavy atom. The predicted molar refractivity (Wildman–Crippen MR) is 183 cm³/mol. The van der Waals surface area contributed by atoms with Crippen molar-refractivity contribution in [3.8, 4) is 0 Å². The van der Waals surface area contributed by atoms with E-state index in [1.54, 1.807) is 13.0 Å². The zero-order chi connectivity index (χ0) is 34.0. The zero-order valence-electron chi connectivity index (χ0n) is 27.6. The average molecular weight is 653 g/mol. The van der Waals surface area contributed by atoms with Crippen LogP contribution in [-0.4, -0.2) is 47.6 Å². The topological polar surface area (TPSA) is 137 Å². The van der Waals surface area contributed by atoms with Gasteiger partial charge in [-0.15, -0.1) is 0 Å². The third kappa shape index (κ3) is 8.12. The molecule has 3 aromatic carbocycles. The molecule has 0 saturated carbocycles. The first-order chi connectivity index (χ1) is 23.3. The predicted octanol–water partition coefficient (Wildman–Crippen LogP) is 6.65. The molecule has 0 spiro atoms. The molecule has 10 heteroatoms. The molecular weight excluding hydrogens is 608 g/mol. The van der Waals surface area contributed by atoms with E-state index in [2.05, 4.69) is 41.4 Å². The van der Waals surface area contributed by atoms with Gasteiger partial charge in [-0.1, -0.05) is 99.0 Å². The summed E-state index contributed by atoms with van der Waals surface area (Å²) in [5.41, 5.74) is 9.58. The summed E-state index contributed by atoms with van der Waals surface area (Å²) in [4.78, 5) is 41.3. The molecule has 3 aromatic rings.